The number of aliphatic hydroxyl groups excluding tert-OH is 1. The first-order chi connectivity index (χ1) is 6.63. The fourth-order valence-corrected chi connectivity index (χ4v) is 1.75. The predicted octanol–water partition coefficient (Wildman–Crippen LogP) is 3.39. The van der Waals surface area contributed by atoms with E-state index < -0.39 is 0 Å². The SMILES string of the molecule is CCC(O)CNc1cc(Br)ccc1Br. The quantitative estimate of drug-likeness (QED) is 0.890. The minimum Gasteiger partial charge on any atom is -0.391 e. The van der Waals surface area contributed by atoms with E-state index in [0.717, 1.165) is 21.1 Å². The molecule has 0 aliphatic carbocycles. The molecular weight excluding hydrogens is 310 g/mol. The maximum absolute atomic E-state index is 9.39. The van der Waals surface area contributed by atoms with Gasteiger partial charge in [0.1, 0.15) is 0 Å². The monoisotopic (exact) mass is 321 g/mol. The van der Waals surface area contributed by atoms with Gasteiger partial charge in [0.2, 0.25) is 0 Å². The molecule has 14 heavy (non-hydrogen) atoms. The van der Waals surface area contributed by atoms with Gasteiger partial charge in [-0.3, -0.25) is 0 Å². The highest BCUT2D eigenvalue weighted by Gasteiger charge is 2.03. The third-order valence-electron chi connectivity index (χ3n) is 1.93. The molecule has 0 aromatic heterocycles. The van der Waals surface area contributed by atoms with Gasteiger partial charge in [0.25, 0.3) is 0 Å². The normalized spacial score (nSPS) is 12.6. The molecule has 2 nitrogen and oxygen atoms in total. The number of hydrogen-bond donors (Lipinski definition) is 2. The molecule has 0 bridgehead atoms. The molecule has 1 rings (SSSR count). The minimum atomic E-state index is -0.291. The van der Waals surface area contributed by atoms with E-state index in [1.165, 1.54) is 0 Å². The van der Waals surface area contributed by atoms with Gasteiger partial charge in [-0.2, -0.15) is 0 Å². The van der Waals surface area contributed by atoms with Crippen molar-refractivity contribution < 1.29 is 5.11 Å². The predicted molar refractivity (Wildman–Crippen MR) is 66.6 cm³/mol. The second kappa shape index (κ2) is 5.73. The lowest BCUT2D eigenvalue weighted by molar-refractivity contribution is 0.183. The molecule has 0 aliphatic rings. The van der Waals surface area contributed by atoms with Gasteiger partial charge in [0.15, 0.2) is 0 Å². The van der Waals surface area contributed by atoms with Crippen LogP contribution in [0.2, 0.25) is 0 Å². The van der Waals surface area contributed by atoms with Gasteiger partial charge in [-0.1, -0.05) is 22.9 Å². The third-order valence-corrected chi connectivity index (χ3v) is 3.11. The van der Waals surface area contributed by atoms with E-state index >= 15 is 0 Å². The number of aliphatic hydroxyl groups is 1. The second-order valence-electron chi connectivity index (χ2n) is 3.07. The number of benzene rings is 1. The van der Waals surface area contributed by atoms with Gasteiger partial charge in [-0.15, -0.1) is 0 Å². The Bertz CT molecular complexity index is 304. The van der Waals surface area contributed by atoms with E-state index in [9.17, 15) is 5.11 Å². The van der Waals surface area contributed by atoms with E-state index in [-0.39, 0.29) is 6.10 Å². The summed E-state index contributed by atoms with van der Waals surface area (Å²) in [6.45, 7) is 2.54. The first kappa shape index (κ1) is 12.0. The van der Waals surface area contributed by atoms with Crippen molar-refractivity contribution in [2.24, 2.45) is 0 Å². The molecule has 1 atom stereocenters. The Balaban J connectivity index is 2.62. The van der Waals surface area contributed by atoms with Crippen LogP contribution in [0.4, 0.5) is 5.69 Å². The zero-order valence-corrected chi connectivity index (χ0v) is 11.1. The number of nitrogens with one attached hydrogen (secondary N) is 1. The molecule has 78 valence electrons. The molecule has 0 fully saturated rings. The summed E-state index contributed by atoms with van der Waals surface area (Å²) in [4.78, 5) is 0. The number of anilines is 1. The van der Waals surface area contributed by atoms with Crippen LogP contribution in [-0.4, -0.2) is 17.8 Å². The van der Waals surface area contributed by atoms with Gasteiger partial charge in [0, 0.05) is 21.2 Å². The average molecular weight is 323 g/mol. The largest absolute Gasteiger partial charge is 0.391 e. The Hall–Kier alpha value is -0.0600. The molecule has 0 saturated heterocycles. The number of rotatable bonds is 4. The second-order valence-corrected chi connectivity index (χ2v) is 4.84. The van der Waals surface area contributed by atoms with Crippen LogP contribution in [-0.2, 0) is 0 Å². The zero-order valence-electron chi connectivity index (χ0n) is 7.93. The number of hydrogen-bond acceptors (Lipinski definition) is 2. The summed E-state index contributed by atoms with van der Waals surface area (Å²) in [7, 11) is 0. The van der Waals surface area contributed by atoms with Gasteiger partial charge in [0.05, 0.1) is 6.10 Å². The van der Waals surface area contributed by atoms with Crippen molar-refractivity contribution in [1.82, 2.24) is 0 Å². The third kappa shape index (κ3) is 3.59. The van der Waals surface area contributed by atoms with Crippen LogP contribution in [0.25, 0.3) is 0 Å². The van der Waals surface area contributed by atoms with Crippen molar-refractivity contribution in [2.45, 2.75) is 19.4 Å². The van der Waals surface area contributed by atoms with Crippen molar-refractivity contribution >= 4 is 37.5 Å². The Morgan fingerprint density at radius 2 is 2.14 bits per heavy atom. The molecule has 2 N–H and O–H groups in total. The van der Waals surface area contributed by atoms with Gasteiger partial charge in [-0.05, 0) is 40.5 Å². The van der Waals surface area contributed by atoms with E-state index in [2.05, 4.69) is 37.2 Å². The average Bonchev–Trinajstić information content (AvgIpc) is 2.19. The summed E-state index contributed by atoms with van der Waals surface area (Å²) in [5.74, 6) is 0. The highest BCUT2D eigenvalue weighted by Crippen LogP contribution is 2.26. The van der Waals surface area contributed by atoms with Gasteiger partial charge < -0.3 is 10.4 Å². The van der Waals surface area contributed by atoms with Crippen LogP contribution in [0.1, 0.15) is 13.3 Å². The van der Waals surface area contributed by atoms with Crippen LogP contribution in [0.5, 0.6) is 0 Å². The van der Waals surface area contributed by atoms with Crippen LogP contribution in [0, 0.1) is 0 Å². The van der Waals surface area contributed by atoms with E-state index in [0.29, 0.717) is 6.54 Å². The maximum atomic E-state index is 9.39. The molecule has 0 saturated carbocycles. The molecule has 0 spiro atoms. The minimum absolute atomic E-state index is 0.291. The van der Waals surface area contributed by atoms with Crippen molar-refractivity contribution in [3.05, 3.63) is 27.1 Å². The summed E-state index contributed by atoms with van der Waals surface area (Å²) in [6.07, 6.45) is 0.472. The Morgan fingerprint density at radius 1 is 1.43 bits per heavy atom. The molecule has 4 heteroatoms. The van der Waals surface area contributed by atoms with Crippen LogP contribution >= 0.6 is 31.9 Å². The van der Waals surface area contributed by atoms with Crippen LogP contribution in [0.3, 0.4) is 0 Å². The Morgan fingerprint density at radius 3 is 2.79 bits per heavy atom. The summed E-state index contributed by atoms with van der Waals surface area (Å²) in [5, 5.41) is 12.6. The van der Waals surface area contributed by atoms with Crippen molar-refractivity contribution in [2.75, 3.05) is 11.9 Å². The van der Waals surface area contributed by atoms with E-state index in [1.807, 2.05) is 25.1 Å². The molecule has 0 heterocycles. The highest BCUT2D eigenvalue weighted by molar-refractivity contribution is 9.11. The molecule has 0 amide bonds. The van der Waals surface area contributed by atoms with Crippen LogP contribution < -0.4 is 5.32 Å². The van der Waals surface area contributed by atoms with Crippen molar-refractivity contribution in [1.29, 1.82) is 0 Å². The molecular formula is C10H13Br2NO. The molecule has 0 aliphatic heterocycles. The van der Waals surface area contributed by atoms with E-state index in [4.69, 9.17) is 0 Å². The summed E-state index contributed by atoms with van der Waals surface area (Å²) in [5.41, 5.74) is 0.992. The fourth-order valence-electron chi connectivity index (χ4n) is 1.01. The fraction of sp³-hybridized carbons (Fsp3) is 0.400. The van der Waals surface area contributed by atoms with Crippen LogP contribution in [0.15, 0.2) is 27.1 Å². The number of halogens is 2. The smallest absolute Gasteiger partial charge is 0.0709 e. The Kier molecular flexibility index (Phi) is 4.92. The standard InChI is InChI=1S/C10H13Br2NO/c1-2-8(14)6-13-10-5-7(11)3-4-9(10)12/h3-5,8,13-14H,2,6H2,1H3. The van der Waals surface area contributed by atoms with Gasteiger partial charge in [-0.25, -0.2) is 0 Å². The van der Waals surface area contributed by atoms with E-state index in [1.54, 1.807) is 0 Å². The molecule has 0 radical (unpaired) electrons. The lowest BCUT2D eigenvalue weighted by Crippen LogP contribution is -2.18. The van der Waals surface area contributed by atoms with Crippen molar-refractivity contribution in [3.8, 4) is 0 Å². The summed E-state index contributed by atoms with van der Waals surface area (Å²) >= 11 is 6.83. The summed E-state index contributed by atoms with van der Waals surface area (Å²) < 4.78 is 2.03. The Labute approximate surface area is 101 Å². The lowest BCUT2D eigenvalue weighted by Gasteiger charge is -2.12. The highest BCUT2D eigenvalue weighted by atomic mass is 79.9. The zero-order chi connectivity index (χ0) is 10.6. The van der Waals surface area contributed by atoms with Gasteiger partial charge >= 0.3 is 0 Å². The lowest BCUT2D eigenvalue weighted by atomic mass is 10.2. The van der Waals surface area contributed by atoms with Crippen molar-refractivity contribution in [3.63, 3.8) is 0 Å². The molecule has 1 unspecified atom stereocenters. The summed E-state index contributed by atoms with van der Waals surface area (Å²) in [6, 6.07) is 5.91. The molecule has 1 aromatic rings. The first-order valence-corrected chi connectivity index (χ1v) is 6.09. The maximum Gasteiger partial charge on any atom is 0.0709 e. The topological polar surface area (TPSA) is 32.3 Å². The first-order valence-electron chi connectivity index (χ1n) is 4.50. The molecule has 1 aromatic carbocycles.